The average Bonchev–Trinajstić information content (AvgIpc) is 2.35. The Labute approximate surface area is 146 Å². The fraction of sp³-hybridized carbons (Fsp3) is 0.714. The molecule has 1 nitrogen and oxygen atoms in total. The molecular weight excluding hydrogens is 277 g/mol. The molecule has 1 rings (SSSR count). The molecule has 0 aliphatic carbocycles. The molecule has 0 atom stereocenters. The van der Waals surface area contributed by atoms with Crippen LogP contribution in [0, 0.1) is 0 Å². The summed E-state index contributed by atoms with van der Waals surface area (Å²) in [6.07, 6.45) is 0. The monoisotopic (exact) mass is 315 g/mol. The molecule has 0 saturated heterocycles. The zero-order valence-electron chi connectivity index (χ0n) is 17.4. The number of rotatable bonds is 4. The summed E-state index contributed by atoms with van der Waals surface area (Å²) >= 11 is 0. The Hall–Kier alpha value is -0.755. The summed E-state index contributed by atoms with van der Waals surface area (Å²) in [5.74, 6) is 1.09. The van der Waals surface area contributed by atoms with Crippen LogP contribution < -0.4 is 5.46 Å². The third-order valence-corrected chi connectivity index (χ3v) is 4.96. The highest BCUT2D eigenvalue weighted by Crippen LogP contribution is 2.34. The van der Waals surface area contributed by atoms with Crippen molar-refractivity contribution >= 4 is 12.3 Å². The third-order valence-electron chi connectivity index (χ3n) is 4.96. The number of benzene rings is 1. The lowest BCUT2D eigenvalue weighted by Gasteiger charge is -2.45. The lowest BCUT2D eigenvalue weighted by Crippen LogP contribution is -2.60. The summed E-state index contributed by atoms with van der Waals surface area (Å²) < 4.78 is 0. The average molecular weight is 315 g/mol. The van der Waals surface area contributed by atoms with E-state index in [1.165, 1.54) is 11.1 Å². The molecular formula is C21H38BN. The third kappa shape index (κ3) is 4.63. The first-order chi connectivity index (χ1) is 10.3. The van der Waals surface area contributed by atoms with E-state index in [4.69, 9.17) is 0 Å². The van der Waals surface area contributed by atoms with Crippen LogP contribution in [-0.2, 0) is 0 Å². The molecule has 0 bridgehead atoms. The van der Waals surface area contributed by atoms with Gasteiger partial charge in [0.05, 0.1) is 0 Å². The maximum Gasteiger partial charge on any atom is 0.264 e. The second-order valence-electron chi connectivity index (χ2n) is 9.71. The predicted octanol–water partition coefficient (Wildman–Crippen LogP) is 5.66. The molecule has 0 aliphatic rings. The van der Waals surface area contributed by atoms with E-state index < -0.39 is 0 Å². The van der Waals surface area contributed by atoms with Gasteiger partial charge in [-0.15, -0.1) is 0 Å². The molecule has 1 aromatic rings. The van der Waals surface area contributed by atoms with Crippen LogP contribution in [0.4, 0.5) is 0 Å². The summed E-state index contributed by atoms with van der Waals surface area (Å²) in [7, 11) is 2.29. The molecule has 2 heteroatoms. The van der Waals surface area contributed by atoms with Gasteiger partial charge in [-0.1, -0.05) is 72.1 Å². The largest absolute Gasteiger partial charge is 0.336 e. The molecule has 0 N–H and O–H groups in total. The summed E-state index contributed by atoms with van der Waals surface area (Å²) in [5.41, 5.74) is 4.71. The first-order valence-corrected chi connectivity index (χ1v) is 9.14. The van der Waals surface area contributed by atoms with E-state index in [0.717, 1.165) is 0 Å². The molecule has 0 amide bonds. The Bertz CT molecular complexity index is 491. The normalized spacial score (nSPS) is 13.3. The molecule has 1 aromatic carbocycles. The van der Waals surface area contributed by atoms with Crippen molar-refractivity contribution in [1.82, 2.24) is 4.81 Å². The minimum Gasteiger partial charge on any atom is -0.336 e. The van der Waals surface area contributed by atoms with Crippen molar-refractivity contribution in [1.29, 1.82) is 0 Å². The van der Waals surface area contributed by atoms with Crippen LogP contribution in [0.3, 0.4) is 0 Å². The molecule has 0 aliphatic heterocycles. The van der Waals surface area contributed by atoms with Gasteiger partial charge >= 0.3 is 0 Å². The molecule has 0 aromatic heterocycles. The van der Waals surface area contributed by atoms with E-state index in [1.807, 2.05) is 0 Å². The van der Waals surface area contributed by atoms with Crippen LogP contribution in [0.2, 0.25) is 5.31 Å². The lowest BCUT2D eigenvalue weighted by molar-refractivity contribution is 0.285. The van der Waals surface area contributed by atoms with Gasteiger partial charge in [-0.05, 0) is 56.1 Å². The summed E-state index contributed by atoms with van der Waals surface area (Å²) in [5, 5.41) is 0.177. The standard InChI is InChI=1S/C21H38BN/c1-15(2)17-13-12-14-18(16(3)4)19(17)22(20(5,6)7)23(11)21(8,9)10/h12-16H,1-11H3. The molecule has 0 unspecified atom stereocenters. The highest BCUT2D eigenvalue weighted by molar-refractivity contribution is 6.74. The summed E-state index contributed by atoms with van der Waals surface area (Å²) in [4.78, 5) is 2.57. The molecule has 0 fully saturated rings. The van der Waals surface area contributed by atoms with Crippen molar-refractivity contribution in [3.63, 3.8) is 0 Å². The molecule has 23 heavy (non-hydrogen) atoms. The van der Waals surface area contributed by atoms with Gasteiger partial charge in [-0.2, -0.15) is 0 Å². The summed E-state index contributed by atoms with van der Waals surface area (Å²) in [6, 6.07) is 6.91. The van der Waals surface area contributed by atoms with E-state index in [2.05, 4.69) is 99.3 Å². The Morgan fingerprint density at radius 3 is 1.48 bits per heavy atom. The second-order valence-corrected chi connectivity index (χ2v) is 9.71. The van der Waals surface area contributed by atoms with Gasteiger partial charge in [0.2, 0.25) is 0 Å². The highest BCUT2D eigenvalue weighted by atomic mass is 15.1. The number of nitrogens with zero attached hydrogens (tertiary/aromatic N) is 1. The minimum absolute atomic E-state index is 0.135. The van der Waals surface area contributed by atoms with E-state index in [9.17, 15) is 0 Å². The van der Waals surface area contributed by atoms with Gasteiger partial charge in [-0.3, -0.25) is 0 Å². The Morgan fingerprint density at radius 2 is 1.22 bits per heavy atom. The van der Waals surface area contributed by atoms with Crippen molar-refractivity contribution in [2.75, 3.05) is 7.05 Å². The maximum atomic E-state index is 2.57. The lowest BCUT2D eigenvalue weighted by atomic mass is 9.36. The van der Waals surface area contributed by atoms with E-state index >= 15 is 0 Å². The van der Waals surface area contributed by atoms with E-state index in [0.29, 0.717) is 18.7 Å². The predicted molar refractivity (Wildman–Crippen MR) is 107 cm³/mol. The Kier molecular flexibility index (Phi) is 6.18. The molecule has 0 radical (unpaired) electrons. The van der Waals surface area contributed by atoms with Crippen LogP contribution in [0.1, 0.15) is 92.2 Å². The van der Waals surface area contributed by atoms with Gasteiger partial charge in [0, 0.05) is 5.54 Å². The van der Waals surface area contributed by atoms with Crippen LogP contribution >= 0.6 is 0 Å². The molecule has 0 saturated carbocycles. The van der Waals surface area contributed by atoms with Crippen molar-refractivity contribution < 1.29 is 0 Å². The topological polar surface area (TPSA) is 3.24 Å². The first kappa shape index (κ1) is 20.3. The molecule has 0 spiro atoms. The van der Waals surface area contributed by atoms with Gasteiger partial charge in [-0.25, -0.2) is 0 Å². The quantitative estimate of drug-likeness (QED) is 0.648. The second kappa shape index (κ2) is 7.01. The van der Waals surface area contributed by atoms with Crippen molar-refractivity contribution in [2.24, 2.45) is 0 Å². The number of hydrogen-bond donors (Lipinski definition) is 0. The maximum absolute atomic E-state index is 2.57. The van der Waals surface area contributed by atoms with E-state index in [1.54, 1.807) is 5.46 Å². The van der Waals surface area contributed by atoms with Crippen LogP contribution in [0.25, 0.3) is 0 Å². The van der Waals surface area contributed by atoms with Gasteiger partial charge in [0.1, 0.15) is 0 Å². The van der Waals surface area contributed by atoms with Crippen molar-refractivity contribution in [3.05, 3.63) is 29.3 Å². The Morgan fingerprint density at radius 1 is 0.826 bits per heavy atom. The van der Waals surface area contributed by atoms with Gasteiger partial charge in [0.25, 0.3) is 6.85 Å². The van der Waals surface area contributed by atoms with Crippen LogP contribution in [0.5, 0.6) is 0 Å². The zero-order valence-corrected chi connectivity index (χ0v) is 17.4. The van der Waals surface area contributed by atoms with E-state index in [-0.39, 0.29) is 10.9 Å². The molecule has 0 heterocycles. The smallest absolute Gasteiger partial charge is 0.264 e. The van der Waals surface area contributed by atoms with Crippen molar-refractivity contribution in [2.45, 2.75) is 91.9 Å². The van der Waals surface area contributed by atoms with Crippen molar-refractivity contribution in [3.8, 4) is 0 Å². The minimum atomic E-state index is 0.135. The first-order valence-electron chi connectivity index (χ1n) is 9.14. The van der Waals surface area contributed by atoms with Gasteiger partial charge < -0.3 is 4.81 Å². The zero-order chi connectivity index (χ0) is 18.2. The highest BCUT2D eigenvalue weighted by Gasteiger charge is 2.41. The SMILES string of the molecule is CC(C)c1cccc(C(C)C)c1B(N(C)C(C)(C)C)C(C)(C)C. The summed E-state index contributed by atoms with van der Waals surface area (Å²) in [6.45, 7) is 23.8. The molecule has 130 valence electrons. The fourth-order valence-electron chi connectivity index (χ4n) is 3.52. The van der Waals surface area contributed by atoms with Crippen LogP contribution in [-0.4, -0.2) is 24.2 Å². The van der Waals surface area contributed by atoms with Gasteiger partial charge in [0.15, 0.2) is 0 Å². The van der Waals surface area contributed by atoms with Crippen LogP contribution in [0.15, 0.2) is 18.2 Å². The Balaban J connectivity index is 3.71. The fourth-order valence-corrected chi connectivity index (χ4v) is 3.52. The number of hydrogen-bond acceptors (Lipinski definition) is 1.